The second-order valence-electron chi connectivity index (χ2n) is 7.16. The number of rotatable bonds is 3. The Bertz CT molecular complexity index is 765. The molecule has 0 radical (unpaired) electrons. The number of carbonyl (C=O) groups excluding carboxylic acids is 1. The zero-order chi connectivity index (χ0) is 17.9. The zero-order valence-electron chi connectivity index (χ0n) is 15.2. The highest BCUT2D eigenvalue weighted by molar-refractivity contribution is 5.95. The summed E-state index contributed by atoms with van der Waals surface area (Å²) in [4.78, 5) is 21.6. The lowest BCUT2D eigenvalue weighted by Crippen LogP contribution is -2.60. The molecule has 5 heteroatoms. The number of morpholine rings is 1. The van der Waals surface area contributed by atoms with Gasteiger partial charge in [0.15, 0.2) is 0 Å². The molecule has 26 heavy (non-hydrogen) atoms. The summed E-state index contributed by atoms with van der Waals surface area (Å²) in [6.07, 6.45) is 4.78. The van der Waals surface area contributed by atoms with E-state index in [0.717, 1.165) is 50.3 Å². The summed E-state index contributed by atoms with van der Waals surface area (Å²) >= 11 is 0. The number of nitrogens with zero attached hydrogens (tertiary/aromatic N) is 3. The zero-order valence-corrected chi connectivity index (χ0v) is 15.2. The highest BCUT2D eigenvalue weighted by Crippen LogP contribution is 2.26. The largest absolute Gasteiger partial charge is 0.375 e. The van der Waals surface area contributed by atoms with E-state index in [-0.39, 0.29) is 18.1 Å². The van der Waals surface area contributed by atoms with Crippen molar-refractivity contribution in [1.29, 1.82) is 0 Å². The molecule has 4 rings (SSSR count). The van der Waals surface area contributed by atoms with E-state index in [4.69, 9.17) is 4.74 Å². The van der Waals surface area contributed by atoms with Crippen molar-refractivity contribution in [3.63, 3.8) is 0 Å². The van der Waals surface area contributed by atoms with Gasteiger partial charge in [0.1, 0.15) is 0 Å². The Kier molecular flexibility index (Phi) is 5.00. The number of pyridine rings is 1. The maximum Gasteiger partial charge on any atom is 0.254 e. The number of likely N-dealkylation sites (tertiary alicyclic amines) is 1. The summed E-state index contributed by atoms with van der Waals surface area (Å²) in [6.45, 7) is 6.02. The summed E-state index contributed by atoms with van der Waals surface area (Å²) in [5.41, 5.74) is 3.10. The molecule has 2 saturated heterocycles. The molecular weight excluding hydrogens is 326 g/mol. The molecule has 0 aliphatic carbocycles. The van der Waals surface area contributed by atoms with Gasteiger partial charge in [0.2, 0.25) is 0 Å². The Morgan fingerprint density at radius 3 is 2.81 bits per heavy atom. The number of piperidine rings is 1. The predicted octanol–water partition coefficient (Wildman–Crippen LogP) is 2.51. The minimum absolute atomic E-state index is 0.135. The molecule has 136 valence electrons. The van der Waals surface area contributed by atoms with Crippen molar-refractivity contribution in [3.05, 3.63) is 65.5 Å². The maximum absolute atomic E-state index is 13.0. The van der Waals surface area contributed by atoms with Crippen molar-refractivity contribution in [3.8, 4) is 0 Å². The average molecular weight is 351 g/mol. The Balaban J connectivity index is 1.50. The highest BCUT2D eigenvalue weighted by Gasteiger charge is 2.38. The third-order valence-electron chi connectivity index (χ3n) is 5.50. The van der Waals surface area contributed by atoms with Crippen LogP contribution in [0.15, 0.2) is 48.8 Å². The smallest absolute Gasteiger partial charge is 0.254 e. The van der Waals surface area contributed by atoms with E-state index in [1.165, 1.54) is 5.56 Å². The van der Waals surface area contributed by atoms with Gasteiger partial charge in [-0.3, -0.25) is 14.7 Å². The van der Waals surface area contributed by atoms with Crippen LogP contribution < -0.4 is 0 Å². The van der Waals surface area contributed by atoms with Crippen LogP contribution >= 0.6 is 0 Å². The molecular formula is C21H25N3O2. The van der Waals surface area contributed by atoms with Crippen molar-refractivity contribution in [2.75, 3.05) is 26.2 Å². The van der Waals surface area contributed by atoms with Gasteiger partial charge in [0, 0.05) is 44.1 Å². The summed E-state index contributed by atoms with van der Waals surface area (Å²) in [5, 5.41) is 0. The summed E-state index contributed by atoms with van der Waals surface area (Å²) in [5.74, 6) is 0.135. The third kappa shape index (κ3) is 3.50. The average Bonchev–Trinajstić information content (AvgIpc) is 2.69. The van der Waals surface area contributed by atoms with Crippen LogP contribution in [0.1, 0.15) is 27.9 Å². The normalized spacial score (nSPS) is 23.5. The van der Waals surface area contributed by atoms with Gasteiger partial charge < -0.3 is 9.64 Å². The number of benzene rings is 1. The Labute approximate surface area is 154 Å². The second-order valence-corrected chi connectivity index (χ2v) is 7.16. The van der Waals surface area contributed by atoms with Gasteiger partial charge in [0.05, 0.1) is 18.8 Å². The van der Waals surface area contributed by atoms with Gasteiger partial charge in [-0.1, -0.05) is 18.2 Å². The molecule has 1 aromatic carbocycles. The second kappa shape index (κ2) is 7.56. The number of ether oxygens (including phenoxy) is 1. The van der Waals surface area contributed by atoms with Gasteiger partial charge in [-0.25, -0.2) is 0 Å². The lowest BCUT2D eigenvalue weighted by molar-refractivity contribution is -0.101. The van der Waals surface area contributed by atoms with Gasteiger partial charge in [-0.15, -0.1) is 0 Å². The van der Waals surface area contributed by atoms with Crippen LogP contribution in [-0.4, -0.2) is 59.1 Å². The van der Waals surface area contributed by atoms with Gasteiger partial charge >= 0.3 is 0 Å². The van der Waals surface area contributed by atoms with Gasteiger partial charge in [0.25, 0.3) is 5.91 Å². The monoisotopic (exact) mass is 351 g/mol. The predicted molar refractivity (Wildman–Crippen MR) is 99.9 cm³/mol. The standard InChI is InChI=1S/C21H25N3O2/c1-16-4-2-3-5-18(16)21(25)24-11-8-20-19(15-24)23(12-13-26-20)14-17-6-9-22-10-7-17/h2-7,9-10,19-20H,8,11-15H2,1H3/t19-,20-/m1/s1. The SMILES string of the molecule is Cc1ccccc1C(=O)N1CC[C@H]2OCCN(Cc3ccncc3)[C@@H]2C1. The molecule has 0 spiro atoms. The first-order valence-electron chi connectivity index (χ1n) is 9.32. The number of aryl methyl sites for hydroxylation is 1. The summed E-state index contributed by atoms with van der Waals surface area (Å²) < 4.78 is 6.02. The van der Waals surface area contributed by atoms with E-state index < -0.39 is 0 Å². The molecule has 1 amide bonds. The number of hydrogen-bond acceptors (Lipinski definition) is 4. The van der Waals surface area contributed by atoms with E-state index in [9.17, 15) is 4.79 Å². The fraction of sp³-hybridized carbons (Fsp3) is 0.429. The number of aromatic nitrogens is 1. The van der Waals surface area contributed by atoms with Crippen LogP contribution in [-0.2, 0) is 11.3 Å². The molecule has 0 bridgehead atoms. The van der Waals surface area contributed by atoms with Crippen molar-refractivity contribution in [2.24, 2.45) is 0 Å². The molecule has 0 saturated carbocycles. The first-order valence-corrected chi connectivity index (χ1v) is 9.32. The minimum Gasteiger partial charge on any atom is -0.375 e. The third-order valence-corrected chi connectivity index (χ3v) is 5.50. The van der Waals surface area contributed by atoms with Crippen LogP contribution in [0.2, 0.25) is 0 Å². The minimum atomic E-state index is 0.135. The Hall–Kier alpha value is -2.24. The van der Waals surface area contributed by atoms with E-state index in [0.29, 0.717) is 0 Å². The van der Waals surface area contributed by atoms with Crippen LogP contribution in [0.5, 0.6) is 0 Å². The number of hydrogen-bond donors (Lipinski definition) is 0. The first kappa shape index (κ1) is 17.2. The quantitative estimate of drug-likeness (QED) is 0.852. The van der Waals surface area contributed by atoms with E-state index in [1.54, 1.807) is 0 Å². The Morgan fingerprint density at radius 2 is 2.00 bits per heavy atom. The molecule has 5 nitrogen and oxygen atoms in total. The molecule has 1 aromatic heterocycles. The fourth-order valence-electron chi connectivity index (χ4n) is 4.03. The van der Waals surface area contributed by atoms with Crippen LogP contribution in [0.4, 0.5) is 0 Å². The summed E-state index contributed by atoms with van der Waals surface area (Å²) in [7, 11) is 0. The highest BCUT2D eigenvalue weighted by atomic mass is 16.5. The van der Waals surface area contributed by atoms with Crippen molar-refractivity contribution >= 4 is 5.91 Å². The number of amides is 1. The topological polar surface area (TPSA) is 45.7 Å². The lowest BCUT2D eigenvalue weighted by atomic mass is 9.97. The first-order chi connectivity index (χ1) is 12.7. The lowest BCUT2D eigenvalue weighted by Gasteiger charge is -2.47. The molecule has 0 unspecified atom stereocenters. The molecule has 3 heterocycles. The van der Waals surface area contributed by atoms with Gasteiger partial charge in [-0.2, -0.15) is 0 Å². The molecule has 0 N–H and O–H groups in total. The molecule has 2 fully saturated rings. The maximum atomic E-state index is 13.0. The number of fused-ring (bicyclic) bond motifs is 1. The van der Waals surface area contributed by atoms with E-state index >= 15 is 0 Å². The molecule has 2 atom stereocenters. The van der Waals surface area contributed by atoms with Crippen LogP contribution in [0.3, 0.4) is 0 Å². The van der Waals surface area contributed by atoms with E-state index in [2.05, 4.69) is 22.0 Å². The molecule has 2 aliphatic rings. The van der Waals surface area contributed by atoms with Crippen molar-refractivity contribution < 1.29 is 9.53 Å². The molecule has 2 aromatic rings. The molecule has 2 aliphatic heterocycles. The fourth-order valence-corrected chi connectivity index (χ4v) is 4.03. The van der Waals surface area contributed by atoms with Crippen LogP contribution in [0.25, 0.3) is 0 Å². The van der Waals surface area contributed by atoms with Crippen molar-refractivity contribution in [1.82, 2.24) is 14.8 Å². The van der Waals surface area contributed by atoms with E-state index in [1.807, 2.05) is 48.5 Å². The van der Waals surface area contributed by atoms with Gasteiger partial charge in [-0.05, 0) is 42.7 Å². The summed E-state index contributed by atoms with van der Waals surface area (Å²) in [6, 6.07) is 12.2. The van der Waals surface area contributed by atoms with Crippen LogP contribution in [0, 0.1) is 6.92 Å². The number of carbonyl (C=O) groups is 1. The van der Waals surface area contributed by atoms with Crippen molar-refractivity contribution in [2.45, 2.75) is 32.0 Å². The Morgan fingerprint density at radius 1 is 1.19 bits per heavy atom.